The predicted octanol–water partition coefficient (Wildman–Crippen LogP) is 6.15. The molecule has 0 saturated carbocycles. The van der Waals surface area contributed by atoms with Crippen LogP contribution < -0.4 is 10.5 Å². The molecule has 3 aromatic carbocycles. The number of aromatic amines is 1. The lowest BCUT2D eigenvalue weighted by Crippen LogP contribution is -2.41. The fourth-order valence-electron chi connectivity index (χ4n) is 5.88. The van der Waals surface area contributed by atoms with Crippen LogP contribution in [0.15, 0.2) is 91.4 Å². The highest BCUT2D eigenvalue weighted by Crippen LogP contribution is 2.35. The molecule has 9 heteroatoms. The smallest absolute Gasteiger partial charge is 0.222 e. The summed E-state index contributed by atoms with van der Waals surface area (Å²) in [4.78, 5) is 27.5. The molecule has 1 atom stereocenters. The molecule has 1 amide bonds. The lowest BCUT2D eigenvalue weighted by Gasteiger charge is -2.33. The van der Waals surface area contributed by atoms with E-state index in [9.17, 15) is 4.79 Å². The zero-order chi connectivity index (χ0) is 28.5. The Morgan fingerprint density at radius 1 is 0.976 bits per heavy atom. The Labute approximate surface area is 243 Å². The summed E-state index contributed by atoms with van der Waals surface area (Å²) in [7, 11) is 0. The molecule has 0 unspecified atom stereocenters. The van der Waals surface area contributed by atoms with Crippen molar-refractivity contribution in [1.29, 1.82) is 0 Å². The van der Waals surface area contributed by atoms with Crippen molar-refractivity contribution >= 4 is 33.7 Å². The summed E-state index contributed by atoms with van der Waals surface area (Å²) in [6.45, 7) is 1.33. The Morgan fingerprint density at radius 3 is 2.62 bits per heavy atom. The number of benzene rings is 3. The van der Waals surface area contributed by atoms with Crippen molar-refractivity contribution in [2.24, 2.45) is 0 Å². The zero-order valence-electron chi connectivity index (χ0n) is 23.1. The average Bonchev–Trinajstić information content (AvgIpc) is 3.64. The second-order valence-electron chi connectivity index (χ2n) is 10.7. The van der Waals surface area contributed by atoms with Gasteiger partial charge in [0.15, 0.2) is 5.65 Å². The van der Waals surface area contributed by atoms with Crippen molar-refractivity contribution in [3.8, 4) is 22.8 Å². The van der Waals surface area contributed by atoms with Crippen molar-refractivity contribution in [3.63, 3.8) is 0 Å². The minimum Gasteiger partial charge on any atom is -0.457 e. The molecule has 7 rings (SSSR count). The number of aromatic nitrogens is 5. The summed E-state index contributed by atoms with van der Waals surface area (Å²) in [5.41, 5.74) is 10.9. The lowest BCUT2D eigenvalue weighted by atomic mass is 10.0. The Bertz CT molecular complexity index is 1860. The number of nitrogen functional groups attached to an aromatic ring is 1. The molecule has 4 heterocycles. The molecule has 0 aliphatic carbocycles. The third-order valence-corrected chi connectivity index (χ3v) is 8.00. The molecular weight excluding hydrogens is 526 g/mol. The molecule has 3 N–H and O–H groups in total. The number of carbonyl (C=O) groups is 1. The van der Waals surface area contributed by atoms with E-state index in [1.165, 1.54) is 17.3 Å². The molecular formula is C33H31N7O2. The van der Waals surface area contributed by atoms with Crippen LogP contribution >= 0.6 is 0 Å². The van der Waals surface area contributed by atoms with Gasteiger partial charge in [0.2, 0.25) is 5.91 Å². The van der Waals surface area contributed by atoms with E-state index in [1.807, 2.05) is 82.5 Å². The number of hydrogen-bond acceptors (Lipinski definition) is 6. The Hall–Kier alpha value is -5.18. The largest absolute Gasteiger partial charge is 0.457 e. The molecule has 42 heavy (non-hydrogen) atoms. The van der Waals surface area contributed by atoms with E-state index in [1.54, 1.807) is 0 Å². The quantitative estimate of drug-likeness (QED) is 0.243. The van der Waals surface area contributed by atoms with E-state index in [0.717, 1.165) is 53.0 Å². The van der Waals surface area contributed by atoms with Gasteiger partial charge in [0.05, 0.1) is 11.4 Å². The van der Waals surface area contributed by atoms with Crippen LogP contribution in [0.3, 0.4) is 0 Å². The first-order valence-corrected chi connectivity index (χ1v) is 14.3. The predicted molar refractivity (Wildman–Crippen MR) is 163 cm³/mol. The number of amides is 1. The number of hydrogen-bond donors (Lipinski definition) is 2. The van der Waals surface area contributed by atoms with Gasteiger partial charge in [-0.2, -0.15) is 5.10 Å². The fraction of sp³-hybridized carbons (Fsp3) is 0.212. The molecule has 1 aliphatic heterocycles. The summed E-state index contributed by atoms with van der Waals surface area (Å²) in [6.07, 6.45) is 6.45. The van der Waals surface area contributed by atoms with Crippen LogP contribution in [-0.4, -0.2) is 48.6 Å². The molecule has 0 spiro atoms. The lowest BCUT2D eigenvalue weighted by molar-refractivity contribution is -0.132. The van der Waals surface area contributed by atoms with Gasteiger partial charge in [0.25, 0.3) is 0 Å². The van der Waals surface area contributed by atoms with Crippen LogP contribution in [0.4, 0.5) is 5.82 Å². The topological polar surface area (TPSA) is 115 Å². The summed E-state index contributed by atoms with van der Waals surface area (Å²) < 4.78 is 7.91. The minimum atomic E-state index is -0.0120. The second-order valence-corrected chi connectivity index (χ2v) is 10.7. The Morgan fingerprint density at radius 2 is 1.76 bits per heavy atom. The first kappa shape index (κ1) is 25.8. The van der Waals surface area contributed by atoms with Crippen molar-refractivity contribution in [2.45, 2.75) is 31.7 Å². The standard InChI is InChI=1S/C33H31N7O2/c34-32-30-31(22-12-15-26(16-13-22)42-25-8-2-1-3-9-25)38-40(33(30)37-21-36-32)24-7-6-18-39(20-24)29(41)17-14-23-19-35-28-11-5-4-10-27(23)28/h1-5,8-13,15-16,19,21,24,35H,6-7,14,17-18,20H2,(H2,34,36,37)/t24-/m1/s1. The van der Waals surface area contributed by atoms with Crippen LogP contribution in [0.2, 0.25) is 0 Å². The van der Waals surface area contributed by atoms with Gasteiger partial charge in [-0.05, 0) is 67.3 Å². The number of rotatable bonds is 7. The number of nitrogens with two attached hydrogens (primary N) is 1. The number of anilines is 1. The molecule has 1 saturated heterocycles. The van der Waals surface area contributed by atoms with Crippen LogP contribution in [-0.2, 0) is 11.2 Å². The molecule has 210 valence electrons. The number of nitrogens with zero attached hydrogens (tertiary/aromatic N) is 5. The van der Waals surface area contributed by atoms with E-state index < -0.39 is 0 Å². The number of fused-ring (bicyclic) bond motifs is 2. The highest BCUT2D eigenvalue weighted by atomic mass is 16.5. The Balaban J connectivity index is 1.11. The molecule has 3 aromatic heterocycles. The van der Waals surface area contributed by atoms with Gasteiger partial charge in [0, 0.05) is 42.2 Å². The number of ether oxygens (including phenoxy) is 1. The van der Waals surface area contributed by atoms with E-state index in [2.05, 4.69) is 27.1 Å². The van der Waals surface area contributed by atoms with Crippen molar-refractivity contribution in [3.05, 3.63) is 97.0 Å². The van der Waals surface area contributed by atoms with E-state index in [-0.39, 0.29) is 11.9 Å². The first-order chi connectivity index (χ1) is 20.6. The third kappa shape index (κ3) is 4.94. The number of H-pyrrole nitrogens is 1. The van der Waals surface area contributed by atoms with Crippen molar-refractivity contribution < 1.29 is 9.53 Å². The summed E-state index contributed by atoms with van der Waals surface area (Å²) in [5, 5.41) is 6.92. The second kappa shape index (κ2) is 11.0. The van der Waals surface area contributed by atoms with Gasteiger partial charge in [-0.3, -0.25) is 4.79 Å². The van der Waals surface area contributed by atoms with Gasteiger partial charge in [-0.15, -0.1) is 0 Å². The highest BCUT2D eigenvalue weighted by molar-refractivity contribution is 5.98. The van der Waals surface area contributed by atoms with Crippen molar-refractivity contribution in [2.75, 3.05) is 18.8 Å². The summed E-state index contributed by atoms with van der Waals surface area (Å²) in [6, 6.07) is 25.6. The first-order valence-electron chi connectivity index (χ1n) is 14.3. The monoisotopic (exact) mass is 557 g/mol. The normalized spacial score (nSPS) is 15.3. The highest BCUT2D eigenvalue weighted by Gasteiger charge is 2.28. The molecule has 9 nitrogen and oxygen atoms in total. The summed E-state index contributed by atoms with van der Waals surface area (Å²) >= 11 is 0. The van der Waals surface area contributed by atoms with Gasteiger partial charge in [0.1, 0.15) is 29.3 Å². The molecule has 0 radical (unpaired) electrons. The van der Waals surface area contributed by atoms with Gasteiger partial charge < -0.3 is 20.4 Å². The van der Waals surface area contributed by atoms with Gasteiger partial charge in [-0.1, -0.05) is 36.4 Å². The minimum absolute atomic E-state index is 0.0120. The SMILES string of the molecule is Nc1ncnc2c1c(-c1ccc(Oc3ccccc3)cc1)nn2[C@@H]1CCCN(C(=O)CCc2c[nH]c3ccccc23)C1. The number of nitrogens with one attached hydrogen (secondary N) is 1. The average molecular weight is 558 g/mol. The van der Waals surface area contributed by atoms with E-state index >= 15 is 0 Å². The number of carbonyl (C=O) groups excluding carboxylic acids is 1. The van der Waals surface area contributed by atoms with Crippen LogP contribution in [0.25, 0.3) is 33.2 Å². The van der Waals surface area contributed by atoms with Gasteiger partial charge in [-0.25, -0.2) is 14.6 Å². The van der Waals surface area contributed by atoms with Crippen LogP contribution in [0.5, 0.6) is 11.5 Å². The van der Waals surface area contributed by atoms with Crippen LogP contribution in [0, 0.1) is 0 Å². The molecule has 6 aromatic rings. The maximum atomic E-state index is 13.3. The number of aryl methyl sites for hydroxylation is 1. The number of para-hydroxylation sites is 2. The number of piperidine rings is 1. The molecule has 1 aliphatic rings. The maximum Gasteiger partial charge on any atom is 0.222 e. The Kier molecular flexibility index (Phi) is 6.75. The maximum absolute atomic E-state index is 13.3. The molecule has 1 fully saturated rings. The summed E-state index contributed by atoms with van der Waals surface area (Å²) in [5.74, 6) is 2.04. The number of likely N-dealkylation sites (tertiary alicyclic amines) is 1. The third-order valence-electron chi connectivity index (χ3n) is 8.00. The van der Waals surface area contributed by atoms with Gasteiger partial charge >= 0.3 is 0 Å². The zero-order valence-corrected chi connectivity index (χ0v) is 23.1. The molecule has 0 bridgehead atoms. The van der Waals surface area contributed by atoms with Crippen molar-refractivity contribution in [1.82, 2.24) is 29.6 Å². The van der Waals surface area contributed by atoms with Crippen LogP contribution in [0.1, 0.15) is 30.9 Å². The van der Waals surface area contributed by atoms with E-state index in [0.29, 0.717) is 30.9 Å². The van der Waals surface area contributed by atoms with E-state index in [4.69, 9.17) is 15.6 Å². The fourth-order valence-corrected chi connectivity index (χ4v) is 5.88.